The van der Waals surface area contributed by atoms with Crippen molar-refractivity contribution in [2.24, 2.45) is 0 Å². The number of allylic oxidation sites excluding steroid dienone is 6. The van der Waals surface area contributed by atoms with Crippen molar-refractivity contribution in [1.29, 1.82) is 0 Å². The summed E-state index contributed by atoms with van der Waals surface area (Å²) >= 11 is 0. The van der Waals surface area contributed by atoms with Gasteiger partial charge in [-0.15, -0.1) is 0 Å². The van der Waals surface area contributed by atoms with E-state index in [9.17, 15) is 4.79 Å². The minimum Gasteiger partial charge on any atom is -0.362 e. The van der Waals surface area contributed by atoms with Crippen LogP contribution in [0.4, 0.5) is 0 Å². The van der Waals surface area contributed by atoms with Gasteiger partial charge in [0.25, 0.3) is 0 Å². The summed E-state index contributed by atoms with van der Waals surface area (Å²) in [6.07, 6.45) is 19.3. The highest BCUT2D eigenvalue weighted by Gasteiger charge is 2.29. The lowest BCUT2D eigenvalue weighted by Gasteiger charge is -2.35. The summed E-state index contributed by atoms with van der Waals surface area (Å²) in [7, 11) is 0. The molecule has 0 aromatic carbocycles. The Labute approximate surface area is 164 Å². The molecule has 0 aromatic rings. The van der Waals surface area contributed by atoms with E-state index in [2.05, 4.69) is 57.3 Å². The lowest BCUT2D eigenvalue weighted by atomic mass is 9.96. The number of nitrogens with one attached hydrogen (secondary N) is 1. The Morgan fingerprint density at radius 2 is 1.74 bits per heavy atom. The van der Waals surface area contributed by atoms with Crippen LogP contribution in [-0.2, 0) is 9.53 Å². The van der Waals surface area contributed by atoms with Gasteiger partial charge in [0.1, 0.15) is 12.5 Å². The first-order valence-corrected chi connectivity index (χ1v) is 10.2. The van der Waals surface area contributed by atoms with Crippen molar-refractivity contribution < 1.29 is 9.53 Å². The summed E-state index contributed by atoms with van der Waals surface area (Å²) in [5.74, 6) is 0. The van der Waals surface area contributed by atoms with Gasteiger partial charge in [0, 0.05) is 11.8 Å². The molecular weight excluding hydrogens is 334 g/mol. The Bertz CT molecular complexity index is 660. The molecule has 2 aliphatic rings. The molecule has 2 atom stereocenters. The van der Waals surface area contributed by atoms with E-state index in [1.165, 1.54) is 22.3 Å². The topological polar surface area (TPSA) is 38.3 Å². The van der Waals surface area contributed by atoms with Gasteiger partial charge in [-0.25, -0.2) is 0 Å². The summed E-state index contributed by atoms with van der Waals surface area (Å²) in [6, 6.07) is 0. The van der Waals surface area contributed by atoms with Gasteiger partial charge in [0.15, 0.2) is 0 Å². The highest BCUT2D eigenvalue weighted by Crippen LogP contribution is 2.28. The molecule has 0 radical (unpaired) electrons. The van der Waals surface area contributed by atoms with E-state index < -0.39 is 0 Å². The molecule has 1 N–H and O–H groups in total. The maximum Gasteiger partial charge on any atom is 0.150 e. The van der Waals surface area contributed by atoms with Crippen molar-refractivity contribution in [2.75, 3.05) is 0 Å². The minimum absolute atomic E-state index is 0.0625. The van der Waals surface area contributed by atoms with Crippen molar-refractivity contribution in [3.8, 4) is 0 Å². The van der Waals surface area contributed by atoms with Gasteiger partial charge in [0.2, 0.25) is 0 Å². The largest absolute Gasteiger partial charge is 0.362 e. The van der Waals surface area contributed by atoms with E-state index in [1.807, 2.05) is 6.20 Å². The summed E-state index contributed by atoms with van der Waals surface area (Å²) in [6.45, 7) is 8.78. The molecule has 2 heterocycles. The van der Waals surface area contributed by atoms with Crippen LogP contribution in [0.5, 0.6) is 0 Å². The third kappa shape index (κ3) is 7.34. The first-order chi connectivity index (χ1) is 13.0. The summed E-state index contributed by atoms with van der Waals surface area (Å²) in [5.41, 5.74) is 6.36. The molecule has 2 aliphatic heterocycles. The number of hydrogen-bond donors (Lipinski definition) is 1. The predicted molar refractivity (Wildman–Crippen MR) is 113 cm³/mol. The van der Waals surface area contributed by atoms with Gasteiger partial charge in [-0.1, -0.05) is 41.0 Å². The average molecular weight is 370 g/mol. The summed E-state index contributed by atoms with van der Waals surface area (Å²) in [5, 5.41) is 3.19. The van der Waals surface area contributed by atoms with Crippen molar-refractivity contribution >= 4 is 6.29 Å². The Kier molecular flexibility index (Phi) is 8.80. The van der Waals surface area contributed by atoms with Crippen LogP contribution in [-0.4, -0.2) is 18.6 Å². The molecule has 0 spiro atoms. The Morgan fingerprint density at radius 1 is 1.07 bits per heavy atom. The number of fused-ring (bicyclic) bond motifs is 2. The average Bonchev–Trinajstić information content (AvgIpc) is 2.63. The lowest BCUT2D eigenvalue weighted by molar-refractivity contribution is -0.107. The molecule has 0 aliphatic carbocycles. The quantitative estimate of drug-likeness (QED) is 0.384. The molecule has 0 unspecified atom stereocenters. The van der Waals surface area contributed by atoms with Crippen molar-refractivity contribution in [3.05, 3.63) is 58.4 Å². The van der Waals surface area contributed by atoms with Crippen LogP contribution in [0.25, 0.3) is 0 Å². The lowest BCUT2D eigenvalue weighted by Crippen LogP contribution is -2.42. The molecule has 0 saturated carbocycles. The van der Waals surface area contributed by atoms with Gasteiger partial charge < -0.3 is 10.1 Å². The van der Waals surface area contributed by atoms with Gasteiger partial charge in [-0.05, 0) is 78.2 Å². The Balaban J connectivity index is 1.69. The third-order valence-electron chi connectivity index (χ3n) is 5.19. The second kappa shape index (κ2) is 11.1. The van der Waals surface area contributed by atoms with Crippen LogP contribution in [0.2, 0.25) is 0 Å². The highest BCUT2D eigenvalue weighted by atomic mass is 16.5. The smallest absolute Gasteiger partial charge is 0.150 e. The number of carbonyl (C=O) groups excluding carboxylic acids is 1. The normalized spacial score (nSPS) is 22.5. The van der Waals surface area contributed by atoms with Gasteiger partial charge >= 0.3 is 0 Å². The SMILES string of the molecule is CC(C)=CCC/C(C)=C/CC/C(C)=C/CCC1=CC[C@@H]2O[C@H]1NC=C2C=O. The fourth-order valence-electron chi connectivity index (χ4n) is 3.47. The molecule has 3 heteroatoms. The van der Waals surface area contributed by atoms with Crippen LogP contribution >= 0.6 is 0 Å². The predicted octanol–water partition coefficient (Wildman–Crippen LogP) is 5.91. The standard InChI is InChI=1S/C24H35NO2/c1-18(2)8-5-9-19(3)10-6-11-20(4)12-7-13-21-14-15-23-22(17-26)16-25-24(21)27-23/h8,10,12,14,16-17,23-25H,5-7,9,11,13,15H2,1-4H3/b19-10+,20-12+/t23-,24+/m0/s1. The molecule has 0 aromatic heterocycles. The van der Waals surface area contributed by atoms with E-state index in [4.69, 9.17) is 4.74 Å². The first-order valence-electron chi connectivity index (χ1n) is 10.2. The number of aldehydes is 1. The molecule has 0 fully saturated rings. The van der Waals surface area contributed by atoms with Gasteiger partial charge in [0.05, 0.1) is 6.10 Å². The molecule has 148 valence electrons. The maximum absolute atomic E-state index is 11.0. The van der Waals surface area contributed by atoms with E-state index in [1.54, 1.807) is 0 Å². The maximum atomic E-state index is 11.0. The number of hydrogen-bond acceptors (Lipinski definition) is 3. The van der Waals surface area contributed by atoms with E-state index in [-0.39, 0.29) is 12.3 Å². The van der Waals surface area contributed by atoms with Crippen LogP contribution in [0, 0.1) is 0 Å². The van der Waals surface area contributed by atoms with Gasteiger partial charge in [-0.3, -0.25) is 4.79 Å². The van der Waals surface area contributed by atoms with Crippen molar-refractivity contribution in [1.82, 2.24) is 5.32 Å². The number of rotatable bonds is 10. The van der Waals surface area contributed by atoms with Crippen LogP contribution in [0.15, 0.2) is 58.4 Å². The Hall–Kier alpha value is -1.87. The van der Waals surface area contributed by atoms with Crippen LogP contribution in [0.1, 0.15) is 72.6 Å². The van der Waals surface area contributed by atoms with Crippen molar-refractivity contribution in [3.63, 3.8) is 0 Å². The second-order valence-electron chi connectivity index (χ2n) is 7.95. The molecule has 2 rings (SSSR count). The zero-order valence-electron chi connectivity index (χ0n) is 17.4. The summed E-state index contributed by atoms with van der Waals surface area (Å²) < 4.78 is 5.92. The van der Waals surface area contributed by atoms with Crippen LogP contribution in [0.3, 0.4) is 0 Å². The van der Waals surface area contributed by atoms with E-state index in [0.29, 0.717) is 5.57 Å². The number of ether oxygens (including phenoxy) is 1. The third-order valence-corrected chi connectivity index (χ3v) is 5.19. The van der Waals surface area contributed by atoms with Crippen molar-refractivity contribution in [2.45, 2.75) is 85.0 Å². The number of carbonyl (C=O) groups is 1. The Morgan fingerprint density at radius 3 is 2.41 bits per heavy atom. The molecular formula is C24H35NO2. The molecule has 0 saturated heterocycles. The first kappa shape index (κ1) is 21.4. The highest BCUT2D eigenvalue weighted by molar-refractivity contribution is 5.75. The molecule has 2 bridgehead atoms. The minimum atomic E-state index is -0.0680. The van der Waals surface area contributed by atoms with Crippen LogP contribution < -0.4 is 5.32 Å². The fraction of sp³-hybridized carbons (Fsp3) is 0.542. The zero-order valence-corrected chi connectivity index (χ0v) is 17.4. The second-order valence-corrected chi connectivity index (χ2v) is 7.95. The zero-order chi connectivity index (χ0) is 19.6. The molecule has 3 nitrogen and oxygen atoms in total. The fourth-order valence-corrected chi connectivity index (χ4v) is 3.47. The molecule has 27 heavy (non-hydrogen) atoms. The van der Waals surface area contributed by atoms with E-state index >= 15 is 0 Å². The summed E-state index contributed by atoms with van der Waals surface area (Å²) in [4.78, 5) is 11.0. The molecule has 0 amide bonds. The van der Waals surface area contributed by atoms with Gasteiger partial charge in [-0.2, -0.15) is 0 Å². The monoisotopic (exact) mass is 369 g/mol. The van der Waals surface area contributed by atoms with E-state index in [0.717, 1.165) is 51.2 Å².